The van der Waals surface area contributed by atoms with Gasteiger partial charge in [0.25, 0.3) is 5.91 Å². The number of nitrogens with zero attached hydrogens (tertiary/aromatic N) is 1. The first-order valence-electron chi connectivity index (χ1n) is 7.16. The maximum atomic E-state index is 12.1. The van der Waals surface area contributed by atoms with Crippen molar-refractivity contribution in [3.63, 3.8) is 0 Å². The average Bonchev–Trinajstić information content (AvgIpc) is 2.98. The Kier molecular flexibility index (Phi) is 5.16. The number of furan rings is 1. The molecule has 0 aliphatic heterocycles. The van der Waals surface area contributed by atoms with Crippen molar-refractivity contribution in [3.05, 3.63) is 64.6 Å². The highest BCUT2D eigenvalue weighted by molar-refractivity contribution is 6.01. The maximum absolute atomic E-state index is 12.1. The smallest absolute Gasteiger partial charge is 0.262 e. The molecule has 0 saturated heterocycles. The van der Waals surface area contributed by atoms with E-state index in [0.29, 0.717) is 12.3 Å². The molecule has 1 aromatic carbocycles. The first-order valence-corrected chi connectivity index (χ1v) is 7.16. The largest absolute Gasteiger partial charge is 0.462 e. The van der Waals surface area contributed by atoms with Gasteiger partial charge in [-0.15, -0.1) is 0 Å². The molecule has 2 aromatic rings. The lowest BCUT2D eigenvalue weighted by atomic mass is 10.1. The Morgan fingerprint density at radius 1 is 1.36 bits per heavy atom. The lowest BCUT2D eigenvalue weighted by molar-refractivity contribution is -0.117. The number of carbonyl (C=O) groups is 1. The summed E-state index contributed by atoms with van der Waals surface area (Å²) in [6, 6.07) is 13.4. The van der Waals surface area contributed by atoms with Gasteiger partial charge in [-0.1, -0.05) is 36.8 Å². The van der Waals surface area contributed by atoms with Gasteiger partial charge in [0.15, 0.2) is 0 Å². The van der Waals surface area contributed by atoms with Crippen LogP contribution >= 0.6 is 0 Å². The molecule has 0 radical (unpaired) electrons. The summed E-state index contributed by atoms with van der Waals surface area (Å²) in [7, 11) is 0. The summed E-state index contributed by atoms with van der Waals surface area (Å²) in [6.07, 6.45) is 2.24. The summed E-state index contributed by atoms with van der Waals surface area (Å²) in [5.74, 6) is 0.932. The van der Waals surface area contributed by atoms with Crippen LogP contribution in [0.3, 0.4) is 0 Å². The van der Waals surface area contributed by atoms with Crippen LogP contribution in [-0.2, 0) is 17.8 Å². The molecule has 1 aromatic heterocycles. The first-order chi connectivity index (χ1) is 10.6. The molecule has 112 valence electrons. The van der Waals surface area contributed by atoms with Crippen molar-refractivity contribution in [3.8, 4) is 6.07 Å². The van der Waals surface area contributed by atoms with Crippen LogP contribution in [0.25, 0.3) is 6.08 Å². The second kappa shape index (κ2) is 7.28. The molecule has 0 unspecified atom stereocenters. The van der Waals surface area contributed by atoms with E-state index in [0.717, 1.165) is 23.3 Å². The Morgan fingerprint density at radius 2 is 2.18 bits per heavy atom. The van der Waals surface area contributed by atoms with Crippen LogP contribution in [0.1, 0.15) is 29.6 Å². The molecule has 0 bridgehead atoms. The summed E-state index contributed by atoms with van der Waals surface area (Å²) >= 11 is 0. The van der Waals surface area contributed by atoms with Gasteiger partial charge >= 0.3 is 0 Å². The van der Waals surface area contributed by atoms with Crippen LogP contribution in [0.5, 0.6) is 0 Å². The molecule has 0 aliphatic rings. The zero-order valence-electron chi connectivity index (χ0n) is 12.7. The molecule has 0 spiro atoms. The molecule has 0 aliphatic carbocycles. The van der Waals surface area contributed by atoms with E-state index < -0.39 is 5.91 Å². The lowest BCUT2D eigenvalue weighted by Gasteiger charge is -2.05. The number of nitriles is 1. The number of nitrogens with one attached hydrogen (secondary N) is 1. The number of benzene rings is 1. The molecular formula is C18H18N2O2. The maximum Gasteiger partial charge on any atom is 0.262 e. The van der Waals surface area contributed by atoms with Crippen LogP contribution in [0, 0.1) is 18.3 Å². The number of hydrogen-bond acceptors (Lipinski definition) is 3. The Bertz CT molecular complexity index is 736. The fourth-order valence-corrected chi connectivity index (χ4v) is 2.05. The van der Waals surface area contributed by atoms with Crippen LogP contribution in [0.2, 0.25) is 0 Å². The summed E-state index contributed by atoms with van der Waals surface area (Å²) in [5, 5.41) is 11.9. The van der Waals surface area contributed by atoms with Crippen LogP contribution < -0.4 is 5.32 Å². The van der Waals surface area contributed by atoms with Gasteiger partial charge in [-0.25, -0.2) is 0 Å². The van der Waals surface area contributed by atoms with Crippen molar-refractivity contribution < 1.29 is 9.21 Å². The van der Waals surface area contributed by atoms with E-state index in [1.54, 1.807) is 6.07 Å². The van der Waals surface area contributed by atoms with Gasteiger partial charge in [0, 0.05) is 19.0 Å². The van der Waals surface area contributed by atoms with Gasteiger partial charge < -0.3 is 9.73 Å². The van der Waals surface area contributed by atoms with Gasteiger partial charge in [-0.2, -0.15) is 5.26 Å². The second-order valence-corrected chi connectivity index (χ2v) is 5.00. The van der Waals surface area contributed by atoms with Crippen LogP contribution in [-0.4, -0.2) is 5.91 Å². The molecular weight excluding hydrogens is 276 g/mol. The fraction of sp³-hybridized carbons (Fsp3) is 0.222. The lowest BCUT2D eigenvalue weighted by Crippen LogP contribution is -2.23. The van der Waals surface area contributed by atoms with Crippen LogP contribution in [0.4, 0.5) is 0 Å². The molecule has 1 N–H and O–H groups in total. The monoisotopic (exact) mass is 294 g/mol. The Morgan fingerprint density at radius 3 is 2.82 bits per heavy atom. The van der Waals surface area contributed by atoms with E-state index in [1.807, 2.05) is 50.2 Å². The number of aryl methyl sites for hydroxylation is 2. The van der Waals surface area contributed by atoms with E-state index >= 15 is 0 Å². The van der Waals surface area contributed by atoms with Crippen molar-refractivity contribution in [1.29, 1.82) is 5.26 Å². The summed E-state index contributed by atoms with van der Waals surface area (Å²) in [5.41, 5.74) is 2.16. The number of hydrogen-bond donors (Lipinski definition) is 1. The third-order valence-electron chi connectivity index (χ3n) is 3.22. The van der Waals surface area contributed by atoms with Crippen molar-refractivity contribution in [2.45, 2.75) is 26.8 Å². The predicted octanol–water partition coefficient (Wildman–Crippen LogP) is 3.37. The van der Waals surface area contributed by atoms with Gasteiger partial charge in [0.05, 0.1) is 0 Å². The van der Waals surface area contributed by atoms with Gasteiger partial charge in [-0.3, -0.25) is 4.79 Å². The average molecular weight is 294 g/mol. The van der Waals surface area contributed by atoms with Gasteiger partial charge in [-0.05, 0) is 24.6 Å². The number of rotatable bonds is 5. The molecule has 22 heavy (non-hydrogen) atoms. The zero-order chi connectivity index (χ0) is 15.9. The molecule has 1 amide bonds. The standard InChI is InChI=1S/C18H18N2O2/c1-3-16-7-8-17(22-16)10-15(11-19)18(21)20-12-14-6-4-5-13(2)9-14/h4-10H,3,12H2,1-2H3,(H,20,21)/b15-10+. The third kappa shape index (κ3) is 4.10. The van der Waals surface area contributed by atoms with Gasteiger partial charge in [0.2, 0.25) is 0 Å². The zero-order valence-corrected chi connectivity index (χ0v) is 12.7. The first kappa shape index (κ1) is 15.6. The fourth-order valence-electron chi connectivity index (χ4n) is 2.05. The molecule has 1 heterocycles. The van der Waals surface area contributed by atoms with Crippen molar-refractivity contribution in [1.82, 2.24) is 5.32 Å². The second-order valence-electron chi connectivity index (χ2n) is 5.00. The molecule has 0 atom stereocenters. The van der Waals surface area contributed by atoms with E-state index in [1.165, 1.54) is 6.08 Å². The van der Waals surface area contributed by atoms with Crippen molar-refractivity contribution in [2.24, 2.45) is 0 Å². The van der Waals surface area contributed by atoms with Crippen molar-refractivity contribution >= 4 is 12.0 Å². The molecule has 4 nitrogen and oxygen atoms in total. The minimum absolute atomic E-state index is 0.0321. The topological polar surface area (TPSA) is 66.0 Å². The normalized spacial score (nSPS) is 11.0. The summed E-state index contributed by atoms with van der Waals surface area (Å²) in [4.78, 5) is 12.1. The molecule has 4 heteroatoms. The van der Waals surface area contributed by atoms with Gasteiger partial charge in [0.1, 0.15) is 23.2 Å². The Labute approximate surface area is 130 Å². The Hall–Kier alpha value is -2.80. The minimum atomic E-state index is -0.404. The van der Waals surface area contributed by atoms with E-state index in [2.05, 4.69) is 5.32 Å². The molecule has 0 fully saturated rings. The quantitative estimate of drug-likeness (QED) is 0.679. The SMILES string of the molecule is CCc1ccc(/C=C(\C#N)C(=O)NCc2cccc(C)c2)o1. The van der Waals surface area contributed by atoms with E-state index in [9.17, 15) is 4.79 Å². The molecule has 2 rings (SSSR count). The van der Waals surface area contributed by atoms with Crippen molar-refractivity contribution in [2.75, 3.05) is 0 Å². The number of carbonyl (C=O) groups excluding carboxylic acids is 1. The van der Waals surface area contributed by atoms with E-state index in [4.69, 9.17) is 9.68 Å². The predicted molar refractivity (Wildman–Crippen MR) is 84.7 cm³/mol. The summed E-state index contributed by atoms with van der Waals surface area (Å²) < 4.78 is 5.49. The Balaban J connectivity index is 2.04. The highest BCUT2D eigenvalue weighted by atomic mass is 16.3. The minimum Gasteiger partial charge on any atom is -0.462 e. The van der Waals surface area contributed by atoms with Crippen LogP contribution in [0.15, 0.2) is 46.4 Å². The van der Waals surface area contributed by atoms with E-state index in [-0.39, 0.29) is 5.57 Å². The highest BCUT2D eigenvalue weighted by Gasteiger charge is 2.10. The summed E-state index contributed by atoms with van der Waals surface area (Å²) in [6.45, 7) is 4.36. The molecule has 0 saturated carbocycles. The highest BCUT2D eigenvalue weighted by Crippen LogP contribution is 2.12. The number of amides is 1. The third-order valence-corrected chi connectivity index (χ3v) is 3.22.